The van der Waals surface area contributed by atoms with E-state index in [9.17, 15) is 4.79 Å². The minimum absolute atomic E-state index is 0.226. The zero-order valence-electron chi connectivity index (χ0n) is 17.4. The molecule has 4 heterocycles. The molecule has 1 amide bonds. The van der Waals surface area contributed by atoms with Gasteiger partial charge in [0.25, 0.3) is 5.89 Å². The smallest absolute Gasteiger partial charge is 0.410 e. The summed E-state index contributed by atoms with van der Waals surface area (Å²) in [5.74, 6) is 1.05. The van der Waals surface area contributed by atoms with Crippen LogP contribution in [0.2, 0.25) is 0 Å². The molecule has 1 fully saturated rings. The minimum atomic E-state index is -0.581. The lowest BCUT2D eigenvalue weighted by molar-refractivity contribution is 0.0217. The third-order valence-electron chi connectivity index (χ3n) is 4.63. The maximum atomic E-state index is 12.5. The predicted molar refractivity (Wildman–Crippen MR) is 108 cm³/mol. The fraction of sp³-hybridized carbons (Fsp3) is 0.381. The molecule has 1 saturated heterocycles. The van der Waals surface area contributed by atoms with E-state index >= 15 is 0 Å². The first kappa shape index (κ1) is 20.4. The highest BCUT2D eigenvalue weighted by atomic mass is 16.6. The van der Waals surface area contributed by atoms with E-state index < -0.39 is 11.7 Å². The quantitative estimate of drug-likeness (QED) is 0.625. The Morgan fingerprint density at radius 1 is 1.26 bits per heavy atom. The lowest BCUT2D eigenvalue weighted by Crippen LogP contribution is -2.36. The van der Waals surface area contributed by atoms with Crippen molar-refractivity contribution in [3.05, 3.63) is 42.1 Å². The number of ether oxygens (including phenoxy) is 1. The van der Waals surface area contributed by atoms with Gasteiger partial charge in [-0.15, -0.1) is 0 Å². The maximum Gasteiger partial charge on any atom is 0.410 e. The number of pyridine rings is 1. The highest BCUT2D eigenvalue weighted by molar-refractivity contribution is 5.69. The Kier molecular flexibility index (Phi) is 5.33. The molecule has 0 aliphatic carbocycles. The average molecular weight is 419 g/mol. The molecule has 0 radical (unpaired) electrons. The second kappa shape index (κ2) is 8.10. The van der Waals surface area contributed by atoms with Crippen molar-refractivity contribution >= 4 is 6.09 Å². The Bertz CT molecular complexity index is 1150. The number of aromatic nitrogens is 5. The second-order valence-electron chi connectivity index (χ2n) is 8.10. The van der Waals surface area contributed by atoms with Gasteiger partial charge < -0.3 is 9.26 Å². The lowest BCUT2D eigenvalue weighted by atomic mass is 10.2. The van der Waals surface area contributed by atoms with Crippen molar-refractivity contribution in [2.75, 3.05) is 6.54 Å². The number of hydrogen-bond acceptors (Lipinski definition) is 9. The van der Waals surface area contributed by atoms with Gasteiger partial charge in [-0.05, 0) is 51.8 Å². The van der Waals surface area contributed by atoms with Crippen LogP contribution in [-0.2, 0) is 4.74 Å². The number of rotatable bonds is 3. The van der Waals surface area contributed by atoms with Crippen molar-refractivity contribution in [2.24, 2.45) is 0 Å². The highest BCUT2D eigenvalue weighted by Gasteiger charge is 2.36. The van der Waals surface area contributed by atoms with Crippen molar-refractivity contribution in [3.8, 4) is 29.0 Å². The summed E-state index contributed by atoms with van der Waals surface area (Å²) in [6.07, 6.45) is 4.27. The van der Waals surface area contributed by atoms with E-state index in [0.717, 1.165) is 12.8 Å². The normalized spacial score (nSPS) is 16.2. The molecule has 3 aromatic heterocycles. The predicted octanol–water partition coefficient (Wildman–Crippen LogP) is 3.53. The number of nitriles is 1. The van der Waals surface area contributed by atoms with Crippen molar-refractivity contribution in [2.45, 2.75) is 45.3 Å². The van der Waals surface area contributed by atoms with E-state index in [4.69, 9.17) is 14.5 Å². The van der Waals surface area contributed by atoms with Crippen molar-refractivity contribution in [1.29, 1.82) is 5.26 Å². The Morgan fingerprint density at radius 3 is 2.84 bits per heavy atom. The maximum absolute atomic E-state index is 12.5. The summed E-state index contributed by atoms with van der Waals surface area (Å²) in [7, 11) is 0. The van der Waals surface area contributed by atoms with Gasteiger partial charge in [0.2, 0.25) is 0 Å². The fourth-order valence-electron chi connectivity index (χ4n) is 3.30. The average Bonchev–Trinajstić information content (AvgIpc) is 3.42. The topological polar surface area (TPSA) is 131 Å². The van der Waals surface area contributed by atoms with Crippen LogP contribution in [0.15, 0.2) is 35.1 Å². The Balaban J connectivity index is 1.58. The summed E-state index contributed by atoms with van der Waals surface area (Å²) in [6.45, 7) is 6.07. The molecule has 0 N–H and O–H groups in total. The van der Waals surface area contributed by atoms with E-state index in [0.29, 0.717) is 29.5 Å². The number of amides is 1. The number of nitrogens with zero attached hydrogens (tertiary/aromatic N) is 7. The highest BCUT2D eigenvalue weighted by Crippen LogP contribution is 2.32. The van der Waals surface area contributed by atoms with E-state index in [1.807, 2.05) is 26.8 Å². The molecule has 1 aliphatic heterocycles. The third kappa shape index (κ3) is 4.50. The molecule has 31 heavy (non-hydrogen) atoms. The molecule has 0 unspecified atom stereocenters. The first-order chi connectivity index (χ1) is 14.8. The molecule has 0 spiro atoms. The number of hydrogen-bond donors (Lipinski definition) is 0. The van der Waals surface area contributed by atoms with Gasteiger partial charge in [0, 0.05) is 24.5 Å². The molecular formula is C21H21N7O3. The van der Waals surface area contributed by atoms with E-state index in [1.165, 1.54) is 6.20 Å². The standard InChI is InChI=1S/C21H21N7O3/c1-21(2,3)30-20(29)28-10-4-5-16(28)18-26-19(31-27-18)15-7-9-24-17(25-15)13-6-8-23-14(11-13)12-22/h6-9,11,16H,4-5,10H2,1-3H3/t16-/m0/s1. The first-order valence-corrected chi connectivity index (χ1v) is 9.87. The summed E-state index contributed by atoms with van der Waals surface area (Å²) < 4.78 is 10.9. The van der Waals surface area contributed by atoms with Crippen LogP contribution in [0.25, 0.3) is 23.0 Å². The number of likely N-dealkylation sites (tertiary alicyclic amines) is 1. The molecule has 4 rings (SSSR count). The van der Waals surface area contributed by atoms with Crippen LogP contribution in [0, 0.1) is 11.3 Å². The van der Waals surface area contributed by atoms with Crippen LogP contribution in [0.4, 0.5) is 4.79 Å². The molecule has 0 bridgehead atoms. The van der Waals surface area contributed by atoms with Crippen molar-refractivity contribution < 1.29 is 14.1 Å². The lowest BCUT2D eigenvalue weighted by Gasteiger charge is -2.27. The van der Waals surface area contributed by atoms with Crippen molar-refractivity contribution in [3.63, 3.8) is 0 Å². The van der Waals surface area contributed by atoms with Crippen LogP contribution >= 0.6 is 0 Å². The van der Waals surface area contributed by atoms with Crippen LogP contribution in [0.3, 0.4) is 0 Å². The van der Waals surface area contributed by atoms with E-state index in [2.05, 4.69) is 25.1 Å². The monoisotopic (exact) mass is 419 g/mol. The van der Waals surface area contributed by atoms with Crippen LogP contribution < -0.4 is 0 Å². The minimum Gasteiger partial charge on any atom is -0.444 e. The van der Waals surface area contributed by atoms with Gasteiger partial charge >= 0.3 is 6.09 Å². The Morgan fingerprint density at radius 2 is 2.06 bits per heavy atom. The summed E-state index contributed by atoms with van der Waals surface area (Å²) in [4.78, 5) is 31.3. The van der Waals surface area contributed by atoms with Gasteiger partial charge in [0.1, 0.15) is 23.1 Å². The molecule has 1 aliphatic rings. The van der Waals surface area contributed by atoms with Gasteiger partial charge in [0.15, 0.2) is 11.6 Å². The van der Waals surface area contributed by atoms with Crippen LogP contribution in [0.1, 0.15) is 51.2 Å². The third-order valence-corrected chi connectivity index (χ3v) is 4.63. The summed E-state index contributed by atoms with van der Waals surface area (Å²) in [5.41, 5.74) is 0.790. The summed E-state index contributed by atoms with van der Waals surface area (Å²) >= 11 is 0. The fourth-order valence-corrected chi connectivity index (χ4v) is 3.30. The molecule has 1 atom stereocenters. The Labute approximate surface area is 178 Å². The molecular weight excluding hydrogens is 398 g/mol. The zero-order valence-corrected chi connectivity index (χ0v) is 17.4. The molecule has 3 aromatic rings. The SMILES string of the molecule is CC(C)(C)OC(=O)N1CCC[C@H]1c1noc(-c2ccnc(-c3ccnc(C#N)c3)n2)n1. The molecule has 10 heteroatoms. The number of carbonyl (C=O) groups is 1. The first-order valence-electron chi connectivity index (χ1n) is 9.87. The molecule has 0 aromatic carbocycles. The van der Waals surface area contributed by atoms with Gasteiger partial charge in [-0.1, -0.05) is 5.16 Å². The van der Waals surface area contributed by atoms with E-state index in [-0.39, 0.29) is 17.6 Å². The Hall–Kier alpha value is -3.87. The number of carbonyl (C=O) groups excluding carboxylic acids is 1. The second-order valence-corrected chi connectivity index (χ2v) is 8.10. The summed E-state index contributed by atoms with van der Waals surface area (Å²) in [6, 6.07) is 6.67. The van der Waals surface area contributed by atoms with Gasteiger partial charge in [-0.25, -0.2) is 19.7 Å². The van der Waals surface area contributed by atoms with Crippen LogP contribution in [0.5, 0.6) is 0 Å². The molecule has 158 valence electrons. The van der Waals surface area contributed by atoms with Gasteiger partial charge in [-0.3, -0.25) is 4.90 Å². The van der Waals surface area contributed by atoms with E-state index in [1.54, 1.807) is 29.3 Å². The largest absolute Gasteiger partial charge is 0.444 e. The van der Waals surface area contributed by atoms with Crippen molar-refractivity contribution in [1.82, 2.24) is 30.0 Å². The molecule has 0 saturated carbocycles. The summed E-state index contributed by atoms with van der Waals surface area (Å²) in [5, 5.41) is 13.1. The molecule has 10 nitrogen and oxygen atoms in total. The zero-order chi connectivity index (χ0) is 22.0. The van der Waals surface area contributed by atoms with Gasteiger partial charge in [-0.2, -0.15) is 10.2 Å². The van der Waals surface area contributed by atoms with Crippen LogP contribution in [-0.4, -0.2) is 48.2 Å². The van der Waals surface area contributed by atoms with Gasteiger partial charge in [0.05, 0.1) is 6.04 Å².